The highest BCUT2D eigenvalue weighted by Crippen LogP contribution is 1.71. The molecule has 0 aliphatic carbocycles. The number of halogens is 1. The van der Waals surface area contributed by atoms with Crippen LogP contribution in [0.3, 0.4) is 0 Å². The lowest BCUT2D eigenvalue weighted by atomic mass is 10.7. The molecule has 0 aromatic rings. The summed E-state index contributed by atoms with van der Waals surface area (Å²) in [6.45, 7) is 0. The van der Waals surface area contributed by atoms with Crippen molar-refractivity contribution >= 4 is 6.04 Å². The van der Waals surface area contributed by atoms with Gasteiger partial charge in [0.1, 0.15) is 0 Å². The highest BCUT2D eigenvalue weighted by Gasteiger charge is 1.81. The fourth-order valence-corrected chi connectivity index (χ4v) is 0.0586. The fraction of sp³-hybridized carbons (Fsp3) is 0. The van der Waals surface area contributed by atoms with E-state index in [2.05, 4.69) is 0 Å². The van der Waals surface area contributed by atoms with Crippen molar-refractivity contribution in [3.05, 3.63) is 12.3 Å². The van der Waals surface area contributed by atoms with Crippen LogP contribution in [0.2, 0.25) is 0 Å². The van der Waals surface area contributed by atoms with Crippen molar-refractivity contribution in [1.82, 2.24) is 0 Å². The highest BCUT2D eigenvalue weighted by molar-refractivity contribution is 5.80. The van der Waals surface area contributed by atoms with Gasteiger partial charge in [-0.3, -0.25) is 4.79 Å². The quantitative estimate of drug-likeness (QED) is 0.290. The summed E-state index contributed by atoms with van der Waals surface area (Å²) in [6.07, 6.45) is 0.766. The van der Waals surface area contributed by atoms with Gasteiger partial charge in [-0.05, 0) is 0 Å². The van der Waals surface area contributed by atoms with Gasteiger partial charge in [0.2, 0.25) is 0 Å². The van der Waals surface area contributed by atoms with Crippen LogP contribution in [0.25, 0.3) is 0 Å². The van der Waals surface area contributed by atoms with Crippen LogP contribution in [0.4, 0.5) is 4.39 Å². The fourth-order valence-electron chi connectivity index (χ4n) is 0.0586. The molecule has 0 fully saturated rings. The van der Waals surface area contributed by atoms with Gasteiger partial charge in [0.25, 0.3) is 0 Å². The standard InChI is InChI=1S/C3H3FO2/c4-3(6)1-2-5/h1-2,5H. The van der Waals surface area contributed by atoms with Crippen molar-refractivity contribution in [1.29, 1.82) is 0 Å². The molecule has 34 valence electrons. The van der Waals surface area contributed by atoms with Crippen molar-refractivity contribution in [2.45, 2.75) is 0 Å². The molecule has 0 aliphatic rings. The average Bonchev–Trinajstić information content (AvgIpc) is 1.35. The Kier molecular flexibility index (Phi) is 2.04. The zero-order chi connectivity index (χ0) is 4.99. The van der Waals surface area contributed by atoms with E-state index in [1.807, 2.05) is 0 Å². The van der Waals surface area contributed by atoms with Gasteiger partial charge in [-0.25, -0.2) is 0 Å². The van der Waals surface area contributed by atoms with Crippen molar-refractivity contribution < 1.29 is 14.3 Å². The van der Waals surface area contributed by atoms with Crippen LogP contribution < -0.4 is 0 Å². The molecule has 0 bridgehead atoms. The molecule has 2 nitrogen and oxygen atoms in total. The predicted molar refractivity (Wildman–Crippen MR) is 17.9 cm³/mol. The van der Waals surface area contributed by atoms with Crippen LogP contribution in [-0.4, -0.2) is 11.1 Å². The summed E-state index contributed by atoms with van der Waals surface area (Å²) in [4.78, 5) is 9.13. The number of carbonyl (C=O) groups excluding carboxylic acids is 1. The molecular formula is C3H3FO2. The second-order valence-corrected chi connectivity index (χ2v) is 0.620. The number of hydrogen-bond acceptors (Lipinski definition) is 2. The lowest BCUT2D eigenvalue weighted by Gasteiger charge is -1.63. The second-order valence-electron chi connectivity index (χ2n) is 0.620. The lowest BCUT2D eigenvalue weighted by Crippen LogP contribution is -1.74. The van der Waals surface area contributed by atoms with E-state index in [9.17, 15) is 4.39 Å². The van der Waals surface area contributed by atoms with Gasteiger partial charge in [0.05, 0.1) is 6.26 Å². The third kappa shape index (κ3) is 3.14. The van der Waals surface area contributed by atoms with Gasteiger partial charge in [-0.15, -0.1) is 0 Å². The molecule has 3 heteroatoms. The summed E-state index contributed by atoms with van der Waals surface area (Å²) in [5, 5.41) is 7.60. The van der Waals surface area contributed by atoms with E-state index in [-0.39, 0.29) is 0 Å². The Bertz CT molecular complexity index is 76.9. The number of aliphatic hydroxyl groups is 1. The smallest absolute Gasteiger partial charge is 0.328 e. The van der Waals surface area contributed by atoms with E-state index in [1.165, 1.54) is 0 Å². The molecular weight excluding hydrogens is 87.0 g/mol. The van der Waals surface area contributed by atoms with Crippen LogP contribution >= 0.6 is 0 Å². The monoisotopic (exact) mass is 90.0 g/mol. The molecule has 6 heavy (non-hydrogen) atoms. The summed E-state index contributed by atoms with van der Waals surface area (Å²) < 4.78 is 10.8. The number of carbonyl (C=O) groups is 1. The van der Waals surface area contributed by atoms with E-state index in [4.69, 9.17) is 9.90 Å². The molecule has 0 spiro atoms. The van der Waals surface area contributed by atoms with Crippen LogP contribution in [0, 0.1) is 0 Å². The Morgan fingerprint density at radius 2 is 2.33 bits per heavy atom. The summed E-state index contributed by atoms with van der Waals surface area (Å²) in [7, 11) is 0. The zero-order valence-electron chi connectivity index (χ0n) is 2.89. The van der Waals surface area contributed by atoms with Crippen LogP contribution in [-0.2, 0) is 4.79 Å². The Hall–Kier alpha value is -0.860. The minimum absolute atomic E-state index is 0.350. The SMILES string of the molecule is O=C(F)C=CO. The van der Waals surface area contributed by atoms with E-state index < -0.39 is 6.04 Å². The number of rotatable bonds is 1. The first-order chi connectivity index (χ1) is 2.77. The Labute approximate surface area is 33.9 Å². The highest BCUT2D eigenvalue weighted by atomic mass is 19.1. The van der Waals surface area contributed by atoms with E-state index >= 15 is 0 Å². The van der Waals surface area contributed by atoms with Crippen LogP contribution in [0.15, 0.2) is 12.3 Å². The number of aliphatic hydroxyl groups excluding tert-OH is 1. The van der Waals surface area contributed by atoms with Crippen molar-refractivity contribution in [3.8, 4) is 0 Å². The molecule has 0 aromatic carbocycles. The first kappa shape index (κ1) is 5.14. The normalized spacial score (nSPS) is 9.50. The maximum Gasteiger partial charge on any atom is 0.328 e. The van der Waals surface area contributed by atoms with Crippen LogP contribution in [0.5, 0.6) is 0 Å². The summed E-state index contributed by atoms with van der Waals surface area (Å²) in [6, 6.07) is -1.64. The molecule has 0 atom stereocenters. The molecule has 1 N–H and O–H groups in total. The lowest BCUT2D eigenvalue weighted by molar-refractivity contribution is -0.124. The van der Waals surface area contributed by atoms with Gasteiger partial charge in [-0.1, -0.05) is 0 Å². The molecule has 0 saturated carbocycles. The molecule has 0 unspecified atom stereocenters. The van der Waals surface area contributed by atoms with E-state index in [1.54, 1.807) is 0 Å². The minimum Gasteiger partial charge on any atom is -0.515 e. The largest absolute Gasteiger partial charge is 0.515 e. The minimum atomic E-state index is -1.64. The van der Waals surface area contributed by atoms with Crippen molar-refractivity contribution in [2.75, 3.05) is 0 Å². The van der Waals surface area contributed by atoms with E-state index in [0.717, 1.165) is 0 Å². The third-order valence-corrected chi connectivity index (χ3v) is 0.206. The topological polar surface area (TPSA) is 37.3 Å². The van der Waals surface area contributed by atoms with Crippen molar-refractivity contribution in [3.63, 3.8) is 0 Å². The van der Waals surface area contributed by atoms with Gasteiger partial charge in [0.15, 0.2) is 0 Å². The Morgan fingerprint density at radius 1 is 1.83 bits per heavy atom. The van der Waals surface area contributed by atoms with Gasteiger partial charge < -0.3 is 5.11 Å². The Balaban J connectivity index is 3.30. The summed E-state index contributed by atoms with van der Waals surface area (Å²) in [5.41, 5.74) is 0. The average molecular weight is 90.1 g/mol. The maximum absolute atomic E-state index is 10.8. The predicted octanol–water partition coefficient (Wildman–Crippen LogP) is 0.554. The summed E-state index contributed by atoms with van der Waals surface area (Å²) in [5.74, 6) is 0. The van der Waals surface area contributed by atoms with Gasteiger partial charge >= 0.3 is 6.04 Å². The first-order valence-electron chi connectivity index (χ1n) is 1.27. The molecule has 0 heterocycles. The maximum atomic E-state index is 10.8. The first-order valence-corrected chi connectivity index (χ1v) is 1.27. The molecule has 0 aromatic heterocycles. The van der Waals surface area contributed by atoms with E-state index in [0.29, 0.717) is 12.3 Å². The molecule has 0 rings (SSSR count). The third-order valence-electron chi connectivity index (χ3n) is 0.206. The molecule has 0 saturated heterocycles. The molecule has 0 radical (unpaired) electrons. The Morgan fingerprint density at radius 3 is 2.33 bits per heavy atom. The summed E-state index contributed by atoms with van der Waals surface area (Å²) >= 11 is 0. The number of hydrogen-bond donors (Lipinski definition) is 1. The van der Waals surface area contributed by atoms with Crippen LogP contribution in [0.1, 0.15) is 0 Å². The molecule has 0 aliphatic heterocycles. The zero-order valence-corrected chi connectivity index (χ0v) is 2.89. The van der Waals surface area contributed by atoms with Crippen molar-refractivity contribution in [2.24, 2.45) is 0 Å². The molecule has 0 amide bonds. The number of allylic oxidation sites excluding steroid dienone is 1. The van der Waals surface area contributed by atoms with Gasteiger partial charge in [0, 0.05) is 6.08 Å². The second kappa shape index (κ2) is 2.38. The van der Waals surface area contributed by atoms with Gasteiger partial charge in [-0.2, -0.15) is 4.39 Å².